The van der Waals surface area contributed by atoms with Gasteiger partial charge in [-0.2, -0.15) is 5.10 Å². The van der Waals surface area contributed by atoms with Gasteiger partial charge in [-0.3, -0.25) is 14.7 Å². The predicted molar refractivity (Wildman–Crippen MR) is 102 cm³/mol. The summed E-state index contributed by atoms with van der Waals surface area (Å²) >= 11 is 0. The van der Waals surface area contributed by atoms with Crippen LogP contribution in [0.5, 0.6) is 0 Å². The lowest BCUT2D eigenvalue weighted by atomic mass is 9.67. The monoisotopic (exact) mass is 397 g/mol. The number of hydroxylamine groups is 1. The molecule has 0 aliphatic heterocycles. The Bertz CT molecular complexity index is 1060. The van der Waals surface area contributed by atoms with Crippen molar-refractivity contribution in [3.05, 3.63) is 88.2 Å². The number of aromatic nitrogens is 2. The lowest BCUT2D eigenvalue weighted by Crippen LogP contribution is -2.47. The third-order valence-corrected chi connectivity index (χ3v) is 5.78. The maximum atomic E-state index is 14.2. The van der Waals surface area contributed by atoms with E-state index in [0.29, 0.717) is 36.9 Å². The van der Waals surface area contributed by atoms with E-state index in [9.17, 15) is 18.8 Å². The molecule has 2 aromatic carbocycles. The van der Waals surface area contributed by atoms with Gasteiger partial charge in [0, 0.05) is 6.20 Å². The minimum Gasteiger partial charge on any atom is -0.289 e. The molecule has 1 amide bonds. The summed E-state index contributed by atoms with van der Waals surface area (Å²) in [5, 5.41) is 14.0. The fourth-order valence-electron chi connectivity index (χ4n) is 4.24. The summed E-state index contributed by atoms with van der Waals surface area (Å²) in [5.74, 6) is -1.23. The van der Waals surface area contributed by atoms with Crippen LogP contribution in [-0.4, -0.2) is 20.9 Å². The van der Waals surface area contributed by atoms with E-state index in [-0.39, 0.29) is 11.6 Å². The van der Waals surface area contributed by atoms with Gasteiger partial charge in [-0.1, -0.05) is 24.3 Å². The summed E-state index contributed by atoms with van der Waals surface area (Å²) in [5.41, 5.74) is 4.35. The Kier molecular flexibility index (Phi) is 4.92. The zero-order chi connectivity index (χ0) is 20.6. The topological polar surface area (TPSA) is 67.2 Å². The number of rotatable bonds is 4. The van der Waals surface area contributed by atoms with Crippen molar-refractivity contribution in [2.24, 2.45) is 0 Å². The number of halogens is 2. The minimum atomic E-state index is -1.07. The summed E-state index contributed by atoms with van der Waals surface area (Å²) in [7, 11) is 0. The van der Waals surface area contributed by atoms with Crippen molar-refractivity contribution in [2.75, 3.05) is 0 Å². The van der Waals surface area contributed by atoms with Crippen molar-refractivity contribution < 1.29 is 18.8 Å². The van der Waals surface area contributed by atoms with Crippen molar-refractivity contribution in [1.29, 1.82) is 0 Å². The molecule has 0 saturated heterocycles. The third-order valence-electron chi connectivity index (χ3n) is 5.78. The second kappa shape index (κ2) is 7.40. The van der Waals surface area contributed by atoms with Crippen LogP contribution in [0.15, 0.2) is 48.7 Å². The number of amides is 1. The molecule has 1 heterocycles. The maximum Gasteiger partial charge on any atom is 0.254 e. The first kappa shape index (κ1) is 19.3. The number of benzene rings is 2. The highest BCUT2D eigenvalue weighted by Crippen LogP contribution is 2.40. The Morgan fingerprint density at radius 2 is 2.00 bits per heavy atom. The highest BCUT2D eigenvalue weighted by atomic mass is 19.1. The van der Waals surface area contributed by atoms with Crippen LogP contribution in [0.4, 0.5) is 8.78 Å². The largest absolute Gasteiger partial charge is 0.289 e. The van der Waals surface area contributed by atoms with Crippen LogP contribution in [0.25, 0.3) is 0 Å². The first-order valence-electron chi connectivity index (χ1n) is 9.43. The fraction of sp³-hybridized carbons (Fsp3) is 0.273. The first-order chi connectivity index (χ1) is 13.9. The smallest absolute Gasteiger partial charge is 0.254 e. The van der Waals surface area contributed by atoms with E-state index in [1.54, 1.807) is 41.4 Å². The second-order valence-corrected chi connectivity index (χ2v) is 7.54. The summed E-state index contributed by atoms with van der Waals surface area (Å²) in [6.45, 7) is 2.12. The molecule has 0 bridgehead atoms. The van der Waals surface area contributed by atoms with Crippen LogP contribution in [-0.2, 0) is 29.6 Å². The molecule has 150 valence electrons. The molecule has 1 aliphatic carbocycles. The first-order valence-corrected chi connectivity index (χ1v) is 9.43. The van der Waals surface area contributed by atoms with Gasteiger partial charge in [0.25, 0.3) is 5.91 Å². The Labute approximate surface area is 166 Å². The zero-order valence-corrected chi connectivity index (χ0v) is 16.0. The Morgan fingerprint density at radius 3 is 2.72 bits per heavy atom. The molecule has 2 N–H and O–H groups in total. The molecule has 0 saturated carbocycles. The van der Waals surface area contributed by atoms with Gasteiger partial charge in [0.15, 0.2) is 0 Å². The van der Waals surface area contributed by atoms with Crippen molar-refractivity contribution in [2.45, 2.75) is 38.1 Å². The molecule has 5 nitrogen and oxygen atoms in total. The Hall–Kier alpha value is -3.06. The van der Waals surface area contributed by atoms with Crippen LogP contribution >= 0.6 is 0 Å². The van der Waals surface area contributed by atoms with Gasteiger partial charge in [-0.05, 0) is 66.6 Å². The standard InChI is InChI=1S/C22H21F2N3O2/c1-14-18(3-2-4-19(14)24)22(21(28)26-29)10-9-20-16(11-22)13-27(25-20)12-15-5-7-17(23)8-6-15/h2-8,13,29H,9-12H2,1H3,(H,26,28). The van der Waals surface area contributed by atoms with Gasteiger partial charge in [0.05, 0.1) is 17.7 Å². The molecule has 7 heteroatoms. The number of aryl methyl sites for hydroxylation is 1. The van der Waals surface area contributed by atoms with E-state index >= 15 is 0 Å². The predicted octanol–water partition coefficient (Wildman–Crippen LogP) is 3.45. The summed E-state index contributed by atoms with van der Waals surface area (Å²) in [6.07, 6.45) is 3.10. The highest BCUT2D eigenvalue weighted by Gasteiger charge is 2.45. The van der Waals surface area contributed by atoms with Crippen LogP contribution in [0, 0.1) is 18.6 Å². The number of nitrogens with one attached hydrogen (secondary N) is 1. The summed E-state index contributed by atoms with van der Waals surface area (Å²) in [6, 6.07) is 10.9. The lowest BCUT2D eigenvalue weighted by Gasteiger charge is -2.36. The average molecular weight is 397 g/mol. The number of carbonyl (C=O) groups is 1. The van der Waals surface area contributed by atoms with E-state index in [1.165, 1.54) is 18.2 Å². The molecule has 1 aromatic heterocycles. The highest BCUT2D eigenvalue weighted by molar-refractivity contribution is 5.88. The van der Waals surface area contributed by atoms with E-state index in [4.69, 9.17) is 0 Å². The molecule has 1 atom stereocenters. The number of nitrogens with zero attached hydrogens (tertiary/aromatic N) is 2. The number of hydrogen-bond acceptors (Lipinski definition) is 3. The maximum absolute atomic E-state index is 14.2. The molecule has 1 unspecified atom stereocenters. The molecule has 0 fully saturated rings. The third kappa shape index (κ3) is 3.42. The van der Waals surface area contributed by atoms with E-state index < -0.39 is 11.3 Å². The quantitative estimate of drug-likeness (QED) is 0.524. The van der Waals surface area contributed by atoms with Crippen LogP contribution < -0.4 is 5.48 Å². The molecular weight excluding hydrogens is 376 g/mol. The Balaban J connectivity index is 1.69. The van der Waals surface area contributed by atoms with Crippen LogP contribution in [0.2, 0.25) is 0 Å². The molecule has 29 heavy (non-hydrogen) atoms. The van der Waals surface area contributed by atoms with Crippen molar-refractivity contribution in [3.8, 4) is 0 Å². The SMILES string of the molecule is Cc1c(F)cccc1C1(C(=O)NO)CCc2nn(Cc3ccc(F)cc3)cc2C1. The van der Waals surface area contributed by atoms with E-state index in [0.717, 1.165) is 16.8 Å². The van der Waals surface area contributed by atoms with Gasteiger partial charge in [0.1, 0.15) is 11.6 Å². The normalized spacial score (nSPS) is 18.3. The minimum absolute atomic E-state index is 0.293. The average Bonchev–Trinajstić information content (AvgIpc) is 3.12. The van der Waals surface area contributed by atoms with E-state index in [1.807, 2.05) is 6.20 Å². The summed E-state index contributed by atoms with van der Waals surface area (Å²) in [4.78, 5) is 12.7. The van der Waals surface area contributed by atoms with Gasteiger partial charge < -0.3 is 0 Å². The van der Waals surface area contributed by atoms with Gasteiger partial charge >= 0.3 is 0 Å². The lowest BCUT2D eigenvalue weighted by molar-refractivity contribution is -0.135. The van der Waals surface area contributed by atoms with Gasteiger partial charge in [-0.15, -0.1) is 0 Å². The molecule has 1 aliphatic rings. The van der Waals surface area contributed by atoms with Crippen LogP contribution in [0.1, 0.15) is 34.4 Å². The molecule has 3 aromatic rings. The van der Waals surface area contributed by atoms with Crippen molar-refractivity contribution >= 4 is 5.91 Å². The van der Waals surface area contributed by atoms with Crippen molar-refractivity contribution in [3.63, 3.8) is 0 Å². The number of hydrogen-bond donors (Lipinski definition) is 2. The zero-order valence-electron chi connectivity index (χ0n) is 16.0. The summed E-state index contributed by atoms with van der Waals surface area (Å²) < 4.78 is 29.1. The number of fused-ring (bicyclic) bond motifs is 1. The van der Waals surface area contributed by atoms with Gasteiger partial charge in [-0.25, -0.2) is 14.3 Å². The van der Waals surface area contributed by atoms with E-state index in [2.05, 4.69) is 5.10 Å². The fourth-order valence-corrected chi connectivity index (χ4v) is 4.24. The number of carbonyl (C=O) groups excluding carboxylic acids is 1. The Morgan fingerprint density at radius 1 is 1.24 bits per heavy atom. The molecule has 0 radical (unpaired) electrons. The van der Waals surface area contributed by atoms with Crippen molar-refractivity contribution in [1.82, 2.24) is 15.3 Å². The molecular formula is C22H21F2N3O2. The van der Waals surface area contributed by atoms with Gasteiger partial charge in [0.2, 0.25) is 0 Å². The van der Waals surface area contributed by atoms with Crippen LogP contribution in [0.3, 0.4) is 0 Å². The molecule has 0 spiro atoms. The second-order valence-electron chi connectivity index (χ2n) is 7.54. The molecule has 4 rings (SSSR count).